The average molecular weight is 400 g/mol. The van der Waals surface area contributed by atoms with Gasteiger partial charge in [-0.3, -0.25) is 14.6 Å². The maximum Gasteiger partial charge on any atom is 0.244 e. The van der Waals surface area contributed by atoms with Crippen molar-refractivity contribution < 1.29 is 9.59 Å². The lowest BCUT2D eigenvalue weighted by molar-refractivity contribution is -0.119. The van der Waals surface area contributed by atoms with Crippen molar-refractivity contribution in [2.24, 2.45) is 5.92 Å². The summed E-state index contributed by atoms with van der Waals surface area (Å²) >= 11 is 0. The summed E-state index contributed by atoms with van der Waals surface area (Å²) in [7, 11) is 0. The molecule has 0 spiro atoms. The number of amides is 2. The lowest BCUT2D eigenvalue weighted by Crippen LogP contribution is -2.21. The molecule has 0 bridgehead atoms. The third-order valence-corrected chi connectivity index (χ3v) is 5.26. The van der Waals surface area contributed by atoms with Gasteiger partial charge in [-0.1, -0.05) is 37.1 Å². The van der Waals surface area contributed by atoms with Crippen molar-refractivity contribution in [3.8, 4) is 0 Å². The second kappa shape index (κ2) is 9.31. The van der Waals surface area contributed by atoms with Gasteiger partial charge in [-0.15, -0.1) is 0 Å². The van der Waals surface area contributed by atoms with Gasteiger partial charge in [-0.25, -0.2) is 4.98 Å². The SMILES string of the molecule is O=C(/C=C/c1cnc2ccccc2n1)NCc1cccc(NC(=O)C2CCCC2)c1. The van der Waals surface area contributed by atoms with Crippen LogP contribution >= 0.6 is 0 Å². The maximum absolute atomic E-state index is 12.3. The molecule has 0 unspecified atom stereocenters. The number of benzene rings is 2. The van der Waals surface area contributed by atoms with Crippen LogP contribution in [0.25, 0.3) is 17.1 Å². The molecule has 152 valence electrons. The van der Waals surface area contributed by atoms with Crippen LogP contribution in [0.5, 0.6) is 0 Å². The van der Waals surface area contributed by atoms with Gasteiger partial charge in [0.2, 0.25) is 11.8 Å². The smallest absolute Gasteiger partial charge is 0.244 e. The number of fused-ring (bicyclic) bond motifs is 1. The van der Waals surface area contributed by atoms with Crippen molar-refractivity contribution in [2.45, 2.75) is 32.2 Å². The Kier molecular flexibility index (Phi) is 6.13. The second-order valence-corrected chi connectivity index (χ2v) is 7.51. The molecule has 6 nitrogen and oxygen atoms in total. The number of carbonyl (C=O) groups excluding carboxylic acids is 2. The van der Waals surface area contributed by atoms with Crippen LogP contribution in [-0.2, 0) is 16.1 Å². The first kappa shape index (κ1) is 19.8. The van der Waals surface area contributed by atoms with Crippen LogP contribution in [0.3, 0.4) is 0 Å². The molecular weight excluding hydrogens is 376 g/mol. The van der Waals surface area contributed by atoms with Gasteiger partial charge >= 0.3 is 0 Å². The van der Waals surface area contributed by atoms with Crippen LogP contribution < -0.4 is 10.6 Å². The summed E-state index contributed by atoms with van der Waals surface area (Å²) in [5.74, 6) is -0.00447. The first-order chi connectivity index (χ1) is 14.7. The molecule has 0 radical (unpaired) electrons. The van der Waals surface area contributed by atoms with E-state index in [2.05, 4.69) is 20.6 Å². The lowest BCUT2D eigenvalue weighted by Gasteiger charge is -2.11. The summed E-state index contributed by atoms with van der Waals surface area (Å²) in [5.41, 5.74) is 3.92. The standard InChI is InChI=1S/C24H24N4O2/c29-23(13-12-20-16-25-21-10-3-4-11-22(21)27-20)26-15-17-6-5-9-19(14-17)28-24(30)18-7-1-2-8-18/h3-6,9-14,16,18H,1-2,7-8,15H2,(H,26,29)(H,28,30)/b13-12+. The molecule has 2 N–H and O–H groups in total. The van der Waals surface area contributed by atoms with Crippen molar-refractivity contribution in [2.75, 3.05) is 5.32 Å². The predicted molar refractivity (Wildman–Crippen MR) is 117 cm³/mol. The van der Waals surface area contributed by atoms with Crippen LogP contribution in [-0.4, -0.2) is 21.8 Å². The summed E-state index contributed by atoms with van der Waals surface area (Å²) in [4.78, 5) is 33.3. The third-order valence-electron chi connectivity index (χ3n) is 5.26. The molecule has 2 aromatic carbocycles. The molecule has 30 heavy (non-hydrogen) atoms. The molecule has 2 amide bonds. The number of hydrogen-bond donors (Lipinski definition) is 2. The lowest BCUT2D eigenvalue weighted by atomic mass is 10.1. The van der Waals surface area contributed by atoms with Gasteiger partial charge in [0.05, 0.1) is 22.9 Å². The fraction of sp³-hybridized carbons (Fsp3) is 0.250. The Morgan fingerprint density at radius 1 is 1.03 bits per heavy atom. The van der Waals surface area contributed by atoms with Crippen molar-refractivity contribution in [1.82, 2.24) is 15.3 Å². The number of carbonyl (C=O) groups is 2. The summed E-state index contributed by atoms with van der Waals surface area (Å²) in [6, 6.07) is 15.2. The number of aromatic nitrogens is 2. The third kappa shape index (κ3) is 5.08. The van der Waals surface area contributed by atoms with E-state index in [4.69, 9.17) is 0 Å². The summed E-state index contributed by atoms with van der Waals surface area (Å²) < 4.78 is 0. The molecule has 6 heteroatoms. The zero-order chi connectivity index (χ0) is 20.8. The molecule has 0 aliphatic heterocycles. The number of nitrogens with zero attached hydrogens (tertiary/aromatic N) is 2. The molecule has 0 saturated heterocycles. The highest BCUT2D eigenvalue weighted by atomic mass is 16.2. The first-order valence-electron chi connectivity index (χ1n) is 10.2. The van der Waals surface area contributed by atoms with Crippen LogP contribution in [0, 0.1) is 5.92 Å². The molecule has 1 aromatic heterocycles. The van der Waals surface area contributed by atoms with E-state index in [0.29, 0.717) is 12.2 Å². The van der Waals surface area contributed by atoms with Gasteiger partial charge in [0, 0.05) is 24.2 Å². The van der Waals surface area contributed by atoms with E-state index >= 15 is 0 Å². The molecule has 1 heterocycles. The Labute approximate surface area is 175 Å². The fourth-order valence-electron chi connectivity index (χ4n) is 3.65. The summed E-state index contributed by atoms with van der Waals surface area (Å²) in [6.45, 7) is 0.375. The number of hydrogen-bond acceptors (Lipinski definition) is 4. The second-order valence-electron chi connectivity index (χ2n) is 7.51. The largest absolute Gasteiger partial charge is 0.348 e. The van der Waals surface area contributed by atoms with Gasteiger partial charge in [0.1, 0.15) is 0 Å². The van der Waals surface area contributed by atoms with Gasteiger partial charge in [-0.2, -0.15) is 0 Å². The maximum atomic E-state index is 12.3. The quantitative estimate of drug-likeness (QED) is 0.611. The number of para-hydroxylation sites is 2. The highest BCUT2D eigenvalue weighted by molar-refractivity contribution is 5.93. The number of rotatable bonds is 6. The molecule has 0 atom stereocenters. The van der Waals surface area contributed by atoms with Gasteiger partial charge < -0.3 is 10.6 Å². The van der Waals surface area contributed by atoms with Gasteiger partial charge in [0.15, 0.2) is 0 Å². The van der Waals surface area contributed by atoms with Crippen molar-refractivity contribution >= 4 is 34.6 Å². The zero-order valence-electron chi connectivity index (χ0n) is 16.7. The molecular formula is C24H24N4O2. The Morgan fingerprint density at radius 3 is 2.67 bits per heavy atom. The minimum absolute atomic E-state index is 0.0908. The van der Waals surface area contributed by atoms with Gasteiger partial charge in [-0.05, 0) is 48.7 Å². The predicted octanol–water partition coefficient (Wildman–Crippen LogP) is 4.09. The van der Waals surface area contributed by atoms with Crippen LogP contribution in [0.2, 0.25) is 0 Å². The number of nitrogens with one attached hydrogen (secondary N) is 2. The molecule has 4 rings (SSSR count). The zero-order valence-corrected chi connectivity index (χ0v) is 16.7. The Balaban J connectivity index is 1.31. The first-order valence-corrected chi connectivity index (χ1v) is 10.2. The van der Waals surface area contributed by atoms with Crippen molar-refractivity contribution in [3.05, 3.63) is 72.1 Å². The van der Waals surface area contributed by atoms with Crippen LogP contribution in [0.15, 0.2) is 60.8 Å². The fourth-order valence-corrected chi connectivity index (χ4v) is 3.65. The monoisotopic (exact) mass is 400 g/mol. The van der Waals surface area contributed by atoms with E-state index in [-0.39, 0.29) is 17.7 Å². The van der Waals surface area contributed by atoms with Gasteiger partial charge in [0.25, 0.3) is 0 Å². The minimum Gasteiger partial charge on any atom is -0.348 e. The normalized spacial score (nSPS) is 14.3. The molecule has 1 aliphatic rings. The van der Waals surface area contributed by atoms with Crippen LogP contribution in [0.1, 0.15) is 36.9 Å². The molecule has 1 saturated carbocycles. The van der Waals surface area contributed by atoms with Crippen molar-refractivity contribution in [3.63, 3.8) is 0 Å². The highest BCUT2D eigenvalue weighted by Gasteiger charge is 2.22. The van der Waals surface area contributed by atoms with E-state index in [1.54, 1.807) is 12.3 Å². The Bertz CT molecular complexity index is 1090. The molecule has 3 aromatic rings. The Morgan fingerprint density at radius 2 is 1.83 bits per heavy atom. The summed E-state index contributed by atoms with van der Waals surface area (Å²) in [5, 5.41) is 5.85. The minimum atomic E-state index is -0.217. The van der Waals surface area contributed by atoms with E-state index in [1.807, 2.05) is 48.5 Å². The highest BCUT2D eigenvalue weighted by Crippen LogP contribution is 2.26. The summed E-state index contributed by atoms with van der Waals surface area (Å²) in [6.07, 6.45) is 8.93. The van der Waals surface area contributed by atoms with Crippen molar-refractivity contribution in [1.29, 1.82) is 0 Å². The van der Waals surface area contributed by atoms with E-state index < -0.39 is 0 Å². The van der Waals surface area contributed by atoms with E-state index in [9.17, 15) is 9.59 Å². The van der Waals surface area contributed by atoms with E-state index in [1.165, 1.54) is 6.08 Å². The van der Waals surface area contributed by atoms with E-state index in [0.717, 1.165) is 48.0 Å². The van der Waals surface area contributed by atoms with Crippen LogP contribution in [0.4, 0.5) is 5.69 Å². The topological polar surface area (TPSA) is 84.0 Å². The number of anilines is 1. The average Bonchev–Trinajstić information content (AvgIpc) is 3.32. The Hall–Kier alpha value is -3.54. The molecule has 1 aliphatic carbocycles. The molecule has 1 fully saturated rings.